The minimum Gasteiger partial charge on any atom is -0.250 e. The molecule has 0 bridgehead atoms. The summed E-state index contributed by atoms with van der Waals surface area (Å²) in [6, 6.07) is 2.15. The van der Waals surface area contributed by atoms with E-state index < -0.39 is 0 Å². The first-order valence-electron chi connectivity index (χ1n) is 4.64. The topological polar surface area (TPSA) is 54.5 Å². The van der Waals surface area contributed by atoms with Crippen LogP contribution < -0.4 is 0 Å². The Balaban J connectivity index is 2.66. The van der Waals surface area contributed by atoms with Gasteiger partial charge in [-0.1, -0.05) is 6.92 Å². The van der Waals surface area contributed by atoms with Gasteiger partial charge in [0.2, 0.25) is 0 Å². The molecule has 5 heteroatoms. The van der Waals surface area contributed by atoms with Crippen molar-refractivity contribution < 1.29 is 0 Å². The average molecular weight is 213 g/mol. The summed E-state index contributed by atoms with van der Waals surface area (Å²) in [7, 11) is 0. The van der Waals surface area contributed by atoms with Crippen LogP contribution in [0.3, 0.4) is 0 Å². The molecule has 0 radical (unpaired) electrons. The van der Waals surface area contributed by atoms with Crippen LogP contribution >= 0.6 is 11.6 Å². The van der Waals surface area contributed by atoms with Crippen molar-refractivity contribution in [3.63, 3.8) is 0 Å². The zero-order valence-corrected chi connectivity index (χ0v) is 8.91. The van der Waals surface area contributed by atoms with E-state index in [1.807, 2.05) is 4.68 Å². The molecule has 1 heterocycles. The van der Waals surface area contributed by atoms with E-state index in [1.54, 1.807) is 0 Å². The maximum Gasteiger partial charge on any atom is 0.138 e. The molecule has 0 fully saturated rings. The van der Waals surface area contributed by atoms with Crippen LogP contribution in [0.25, 0.3) is 0 Å². The SMILES string of the molecule is CCCn1ncnc1CC(C#N)CCl. The van der Waals surface area contributed by atoms with E-state index in [-0.39, 0.29) is 5.92 Å². The molecular formula is C9H13ClN4. The minimum atomic E-state index is -0.170. The zero-order valence-electron chi connectivity index (χ0n) is 8.15. The van der Waals surface area contributed by atoms with Crippen LogP contribution in [-0.2, 0) is 13.0 Å². The molecule has 14 heavy (non-hydrogen) atoms. The summed E-state index contributed by atoms with van der Waals surface area (Å²) in [4.78, 5) is 4.11. The van der Waals surface area contributed by atoms with Crippen molar-refractivity contribution in [3.05, 3.63) is 12.2 Å². The van der Waals surface area contributed by atoms with Crippen molar-refractivity contribution >= 4 is 11.6 Å². The van der Waals surface area contributed by atoms with Crippen LogP contribution in [0, 0.1) is 17.2 Å². The highest BCUT2D eigenvalue weighted by atomic mass is 35.5. The molecule has 1 rings (SSSR count). The fourth-order valence-electron chi connectivity index (χ4n) is 1.20. The summed E-state index contributed by atoms with van der Waals surface area (Å²) in [5.41, 5.74) is 0. The van der Waals surface area contributed by atoms with Crippen molar-refractivity contribution in [2.24, 2.45) is 5.92 Å². The molecule has 1 unspecified atom stereocenters. The smallest absolute Gasteiger partial charge is 0.138 e. The summed E-state index contributed by atoms with van der Waals surface area (Å²) < 4.78 is 1.83. The van der Waals surface area contributed by atoms with Crippen LogP contribution in [-0.4, -0.2) is 20.6 Å². The van der Waals surface area contributed by atoms with Gasteiger partial charge in [0.15, 0.2) is 0 Å². The summed E-state index contributed by atoms with van der Waals surface area (Å²) in [5.74, 6) is 1.02. The molecule has 0 saturated carbocycles. The molecule has 1 aromatic rings. The van der Waals surface area contributed by atoms with Gasteiger partial charge in [0.25, 0.3) is 0 Å². The number of hydrogen-bond acceptors (Lipinski definition) is 3. The van der Waals surface area contributed by atoms with Gasteiger partial charge in [0.1, 0.15) is 12.2 Å². The highest BCUT2D eigenvalue weighted by Gasteiger charge is 2.11. The Hall–Kier alpha value is -1.08. The molecule has 0 N–H and O–H groups in total. The number of rotatable bonds is 5. The molecule has 0 saturated heterocycles. The molecule has 1 atom stereocenters. The molecule has 1 aromatic heterocycles. The predicted molar refractivity (Wildman–Crippen MR) is 53.8 cm³/mol. The van der Waals surface area contributed by atoms with Crippen molar-refractivity contribution in [1.82, 2.24) is 14.8 Å². The molecule has 0 aliphatic carbocycles. The van der Waals surface area contributed by atoms with E-state index in [4.69, 9.17) is 16.9 Å². The Bertz CT molecular complexity index is 315. The highest BCUT2D eigenvalue weighted by Crippen LogP contribution is 2.07. The number of aromatic nitrogens is 3. The maximum absolute atomic E-state index is 8.75. The third-order valence-electron chi connectivity index (χ3n) is 1.93. The Morgan fingerprint density at radius 2 is 2.50 bits per heavy atom. The maximum atomic E-state index is 8.75. The monoisotopic (exact) mass is 212 g/mol. The van der Waals surface area contributed by atoms with Gasteiger partial charge in [-0.15, -0.1) is 11.6 Å². The van der Waals surface area contributed by atoms with Crippen molar-refractivity contribution in [2.45, 2.75) is 26.3 Å². The van der Waals surface area contributed by atoms with Crippen LogP contribution in [0.5, 0.6) is 0 Å². The van der Waals surface area contributed by atoms with Gasteiger partial charge in [-0.2, -0.15) is 10.4 Å². The molecule has 4 nitrogen and oxygen atoms in total. The zero-order chi connectivity index (χ0) is 10.4. The Kier molecular flexibility index (Phi) is 4.41. The molecule has 0 aromatic carbocycles. The Labute approximate surface area is 88.5 Å². The average Bonchev–Trinajstić information content (AvgIpc) is 2.62. The van der Waals surface area contributed by atoms with Gasteiger partial charge in [-0.3, -0.25) is 4.68 Å². The first kappa shape index (κ1) is 11.0. The van der Waals surface area contributed by atoms with Gasteiger partial charge in [-0.25, -0.2) is 4.98 Å². The van der Waals surface area contributed by atoms with Gasteiger partial charge in [-0.05, 0) is 6.42 Å². The second kappa shape index (κ2) is 5.61. The standard InChI is InChI=1S/C9H13ClN4/c1-2-3-14-9(12-7-13-14)4-8(5-10)6-11/h7-8H,2-5H2,1H3. The normalized spacial score (nSPS) is 12.4. The lowest BCUT2D eigenvalue weighted by molar-refractivity contribution is 0.549. The van der Waals surface area contributed by atoms with E-state index in [1.165, 1.54) is 6.33 Å². The molecule has 76 valence electrons. The first-order chi connectivity index (χ1) is 6.81. The summed E-state index contributed by atoms with van der Waals surface area (Å²) in [6.45, 7) is 2.92. The molecule has 0 amide bonds. The first-order valence-corrected chi connectivity index (χ1v) is 5.17. The van der Waals surface area contributed by atoms with E-state index >= 15 is 0 Å². The van der Waals surface area contributed by atoms with Gasteiger partial charge >= 0.3 is 0 Å². The second-order valence-electron chi connectivity index (χ2n) is 3.08. The lowest BCUT2D eigenvalue weighted by Crippen LogP contribution is -2.11. The fraction of sp³-hybridized carbons (Fsp3) is 0.667. The fourth-order valence-corrected chi connectivity index (χ4v) is 1.38. The van der Waals surface area contributed by atoms with Crippen molar-refractivity contribution in [2.75, 3.05) is 5.88 Å². The molecule has 0 spiro atoms. The number of nitrogens with zero attached hydrogens (tertiary/aromatic N) is 4. The van der Waals surface area contributed by atoms with Crippen molar-refractivity contribution in [3.8, 4) is 6.07 Å². The second-order valence-corrected chi connectivity index (χ2v) is 3.39. The third kappa shape index (κ3) is 2.71. The summed E-state index contributed by atoms with van der Waals surface area (Å²) >= 11 is 5.63. The number of hydrogen-bond donors (Lipinski definition) is 0. The van der Waals surface area contributed by atoms with E-state index in [9.17, 15) is 0 Å². The van der Waals surface area contributed by atoms with Gasteiger partial charge in [0.05, 0.1) is 12.0 Å². The van der Waals surface area contributed by atoms with E-state index in [0.717, 1.165) is 18.8 Å². The lowest BCUT2D eigenvalue weighted by atomic mass is 10.1. The number of aryl methyl sites for hydroxylation is 1. The van der Waals surface area contributed by atoms with Crippen LogP contribution in [0.15, 0.2) is 6.33 Å². The van der Waals surface area contributed by atoms with Gasteiger partial charge in [0, 0.05) is 18.8 Å². The number of alkyl halides is 1. The van der Waals surface area contributed by atoms with Crippen molar-refractivity contribution in [1.29, 1.82) is 5.26 Å². The number of nitriles is 1. The van der Waals surface area contributed by atoms with Gasteiger partial charge < -0.3 is 0 Å². The van der Waals surface area contributed by atoms with E-state index in [2.05, 4.69) is 23.1 Å². The molecule has 0 aliphatic heterocycles. The van der Waals surface area contributed by atoms with Crippen LogP contribution in [0.1, 0.15) is 19.2 Å². The minimum absolute atomic E-state index is 0.170. The predicted octanol–water partition coefficient (Wildman–Crippen LogP) is 1.61. The summed E-state index contributed by atoms with van der Waals surface area (Å²) in [5, 5.41) is 12.8. The largest absolute Gasteiger partial charge is 0.250 e. The lowest BCUT2D eigenvalue weighted by Gasteiger charge is -2.06. The highest BCUT2D eigenvalue weighted by molar-refractivity contribution is 6.18. The Morgan fingerprint density at radius 3 is 3.07 bits per heavy atom. The molecular weight excluding hydrogens is 200 g/mol. The van der Waals surface area contributed by atoms with E-state index in [0.29, 0.717) is 12.3 Å². The van der Waals surface area contributed by atoms with Crippen LogP contribution in [0.2, 0.25) is 0 Å². The Morgan fingerprint density at radius 1 is 1.71 bits per heavy atom. The molecule has 0 aliphatic rings. The quantitative estimate of drug-likeness (QED) is 0.697. The number of halogens is 1. The van der Waals surface area contributed by atoms with Crippen LogP contribution in [0.4, 0.5) is 0 Å². The summed E-state index contributed by atoms with van der Waals surface area (Å²) in [6.07, 6.45) is 3.11. The third-order valence-corrected chi connectivity index (χ3v) is 2.30.